The van der Waals surface area contributed by atoms with Crippen LogP contribution in [0.4, 0.5) is 5.69 Å². The number of nitrogens with zero attached hydrogens (tertiary/aromatic N) is 2. The molecule has 2 aromatic carbocycles. The Balaban J connectivity index is 1.79. The van der Waals surface area contributed by atoms with Crippen LogP contribution in [0.2, 0.25) is 0 Å². The minimum atomic E-state index is -0.694. The number of nitrogens with one attached hydrogen (secondary N) is 1. The smallest absolute Gasteiger partial charge is 0.359 e. The normalized spacial score (nSPS) is 10.5. The number of aromatic nitrogens is 2. The maximum absolute atomic E-state index is 12.2. The molecule has 0 amide bonds. The molecule has 8 heteroatoms. The largest absolute Gasteiger partial charge is 0.456 e. The monoisotopic (exact) mass is 325 g/mol. The number of fused-ring (bicyclic) bond motifs is 1. The van der Waals surface area contributed by atoms with Crippen molar-refractivity contribution < 1.29 is 14.5 Å². The highest BCUT2D eigenvalue weighted by Crippen LogP contribution is 2.15. The summed E-state index contributed by atoms with van der Waals surface area (Å²) in [5.41, 5.74) is 0.172. The van der Waals surface area contributed by atoms with Crippen molar-refractivity contribution in [1.29, 1.82) is 0 Å². The number of rotatable bonds is 4. The Morgan fingerprint density at radius 1 is 1.12 bits per heavy atom. The number of aromatic amines is 1. The van der Waals surface area contributed by atoms with Crippen LogP contribution >= 0.6 is 0 Å². The summed E-state index contributed by atoms with van der Waals surface area (Å²) in [5, 5.41) is 17.4. The van der Waals surface area contributed by atoms with Crippen molar-refractivity contribution in [1.82, 2.24) is 10.2 Å². The molecule has 0 aliphatic carbocycles. The third kappa shape index (κ3) is 2.98. The van der Waals surface area contributed by atoms with Crippen LogP contribution in [-0.4, -0.2) is 21.1 Å². The highest BCUT2D eigenvalue weighted by Gasteiger charge is 2.15. The van der Waals surface area contributed by atoms with Crippen molar-refractivity contribution in [3.05, 3.63) is 80.3 Å². The number of hydrogen-bond donors (Lipinski definition) is 1. The van der Waals surface area contributed by atoms with Crippen molar-refractivity contribution in [2.45, 2.75) is 6.61 Å². The number of nitro groups is 1. The highest BCUT2D eigenvalue weighted by atomic mass is 16.6. The Kier molecular flexibility index (Phi) is 4.02. The maximum atomic E-state index is 12.2. The molecule has 1 N–H and O–H groups in total. The van der Waals surface area contributed by atoms with Gasteiger partial charge in [0.2, 0.25) is 0 Å². The molecule has 0 saturated carbocycles. The van der Waals surface area contributed by atoms with Crippen LogP contribution in [0.3, 0.4) is 0 Å². The van der Waals surface area contributed by atoms with Crippen LogP contribution in [0.25, 0.3) is 10.8 Å². The van der Waals surface area contributed by atoms with Crippen molar-refractivity contribution in [3.63, 3.8) is 0 Å². The Bertz CT molecular complexity index is 979. The zero-order valence-corrected chi connectivity index (χ0v) is 12.3. The van der Waals surface area contributed by atoms with E-state index in [1.165, 1.54) is 24.3 Å². The topological polar surface area (TPSA) is 115 Å². The molecule has 3 aromatic rings. The van der Waals surface area contributed by atoms with E-state index in [-0.39, 0.29) is 18.0 Å². The van der Waals surface area contributed by atoms with Crippen LogP contribution in [0.15, 0.2) is 53.3 Å². The van der Waals surface area contributed by atoms with Crippen LogP contribution < -0.4 is 5.56 Å². The molecule has 8 nitrogen and oxygen atoms in total. The van der Waals surface area contributed by atoms with Gasteiger partial charge in [-0.15, -0.1) is 0 Å². The molecule has 1 aromatic heterocycles. The van der Waals surface area contributed by atoms with Gasteiger partial charge in [-0.25, -0.2) is 9.89 Å². The quantitative estimate of drug-likeness (QED) is 0.446. The first-order chi connectivity index (χ1) is 11.6. The molecular formula is C16H11N3O5. The van der Waals surface area contributed by atoms with E-state index in [2.05, 4.69) is 10.2 Å². The van der Waals surface area contributed by atoms with E-state index in [0.29, 0.717) is 16.3 Å². The lowest BCUT2D eigenvalue weighted by Gasteiger charge is -2.06. The van der Waals surface area contributed by atoms with Gasteiger partial charge in [0.05, 0.1) is 10.3 Å². The number of carbonyl (C=O) groups excluding carboxylic acids is 1. The Morgan fingerprint density at radius 3 is 2.46 bits per heavy atom. The number of ether oxygens (including phenoxy) is 1. The SMILES string of the molecule is O=C(OCc1ccc([N+](=O)[O-])cc1)c1n[nH]c(=O)c2ccccc12. The summed E-state index contributed by atoms with van der Waals surface area (Å²) in [7, 11) is 0. The number of carbonyl (C=O) groups is 1. The number of hydrogen-bond acceptors (Lipinski definition) is 6. The molecule has 1 heterocycles. The Labute approximate surface area is 134 Å². The van der Waals surface area contributed by atoms with Crippen LogP contribution in [0, 0.1) is 10.1 Å². The molecule has 120 valence electrons. The molecule has 0 atom stereocenters. The molecule has 24 heavy (non-hydrogen) atoms. The highest BCUT2D eigenvalue weighted by molar-refractivity contribution is 6.01. The summed E-state index contributed by atoms with van der Waals surface area (Å²) in [5.74, 6) is -0.694. The zero-order valence-electron chi connectivity index (χ0n) is 12.3. The molecule has 0 saturated heterocycles. The lowest BCUT2D eigenvalue weighted by Crippen LogP contribution is -2.16. The fourth-order valence-corrected chi connectivity index (χ4v) is 2.20. The molecule has 0 unspecified atom stereocenters. The fraction of sp³-hybridized carbons (Fsp3) is 0.0625. The van der Waals surface area contributed by atoms with E-state index in [1.54, 1.807) is 24.3 Å². The van der Waals surface area contributed by atoms with E-state index in [9.17, 15) is 19.7 Å². The van der Waals surface area contributed by atoms with Gasteiger partial charge in [0.15, 0.2) is 5.69 Å². The molecule has 0 fully saturated rings. The van der Waals surface area contributed by atoms with Gasteiger partial charge >= 0.3 is 5.97 Å². The second-order valence-electron chi connectivity index (χ2n) is 4.95. The Morgan fingerprint density at radius 2 is 1.79 bits per heavy atom. The van der Waals surface area contributed by atoms with Gasteiger partial charge in [0, 0.05) is 17.5 Å². The number of benzene rings is 2. The summed E-state index contributed by atoms with van der Waals surface area (Å²) in [4.78, 5) is 34.0. The molecule has 0 radical (unpaired) electrons. The minimum absolute atomic E-state index is 0.00658. The zero-order chi connectivity index (χ0) is 17.1. The van der Waals surface area contributed by atoms with Crippen LogP contribution in [0.5, 0.6) is 0 Å². The number of H-pyrrole nitrogens is 1. The van der Waals surface area contributed by atoms with Gasteiger partial charge in [-0.1, -0.05) is 18.2 Å². The molecular weight excluding hydrogens is 314 g/mol. The second kappa shape index (κ2) is 6.29. The van der Waals surface area contributed by atoms with Gasteiger partial charge < -0.3 is 4.74 Å². The molecule has 0 bridgehead atoms. The fourth-order valence-electron chi connectivity index (χ4n) is 2.20. The summed E-state index contributed by atoms with van der Waals surface area (Å²) >= 11 is 0. The van der Waals surface area contributed by atoms with E-state index < -0.39 is 16.5 Å². The van der Waals surface area contributed by atoms with Crippen molar-refractivity contribution >= 4 is 22.4 Å². The van der Waals surface area contributed by atoms with Crippen molar-refractivity contribution in [2.75, 3.05) is 0 Å². The second-order valence-corrected chi connectivity index (χ2v) is 4.95. The molecule has 3 rings (SSSR count). The van der Waals surface area contributed by atoms with Gasteiger partial charge in [0.25, 0.3) is 11.2 Å². The number of nitro benzene ring substituents is 1. The third-order valence-corrected chi connectivity index (χ3v) is 3.41. The summed E-state index contributed by atoms with van der Waals surface area (Å²) in [6.45, 7) is -0.0635. The van der Waals surface area contributed by atoms with Gasteiger partial charge in [-0.05, 0) is 23.8 Å². The lowest BCUT2D eigenvalue weighted by atomic mass is 10.1. The molecule has 0 aliphatic heterocycles. The van der Waals surface area contributed by atoms with Crippen LogP contribution in [-0.2, 0) is 11.3 Å². The predicted molar refractivity (Wildman–Crippen MR) is 84.6 cm³/mol. The van der Waals surface area contributed by atoms with Crippen molar-refractivity contribution in [3.8, 4) is 0 Å². The summed E-state index contributed by atoms with van der Waals surface area (Å²) < 4.78 is 5.17. The lowest BCUT2D eigenvalue weighted by molar-refractivity contribution is -0.384. The standard InChI is InChI=1S/C16H11N3O5/c20-15-13-4-2-1-3-12(13)14(17-18-15)16(21)24-9-10-5-7-11(8-6-10)19(22)23/h1-8H,9H2,(H,18,20). The first-order valence-corrected chi connectivity index (χ1v) is 6.94. The van der Waals surface area contributed by atoms with Gasteiger partial charge in [-0.2, -0.15) is 5.10 Å². The van der Waals surface area contributed by atoms with Gasteiger partial charge in [-0.3, -0.25) is 14.9 Å². The summed E-state index contributed by atoms with van der Waals surface area (Å²) in [6.07, 6.45) is 0. The van der Waals surface area contributed by atoms with E-state index in [4.69, 9.17) is 4.74 Å². The number of esters is 1. The van der Waals surface area contributed by atoms with Gasteiger partial charge in [0.1, 0.15) is 6.61 Å². The minimum Gasteiger partial charge on any atom is -0.456 e. The third-order valence-electron chi connectivity index (χ3n) is 3.41. The molecule has 0 spiro atoms. The van der Waals surface area contributed by atoms with E-state index in [1.807, 2.05) is 0 Å². The maximum Gasteiger partial charge on any atom is 0.359 e. The average molecular weight is 325 g/mol. The predicted octanol–water partition coefficient (Wildman–Crippen LogP) is 2.19. The Hall–Kier alpha value is -3.55. The first-order valence-electron chi connectivity index (χ1n) is 6.94. The van der Waals surface area contributed by atoms with Crippen molar-refractivity contribution in [2.24, 2.45) is 0 Å². The van der Waals surface area contributed by atoms with E-state index >= 15 is 0 Å². The van der Waals surface area contributed by atoms with E-state index in [0.717, 1.165) is 0 Å². The number of non-ortho nitro benzene ring substituents is 1. The summed E-state index contributed by atoms with van der Waals surface area (Å²) in [6, 6.07) is 12.2. The van der Waals surface area contributed by atoms with Crippen LogP contribution in [0.1, 0.15) is 16.1 Å². The average Bonchev–Trinajstić information content (AvgIpc) is 2.60. The first kappa shape index (κ1) is 15.3. The molecule has 0 aliphatic rings.